The Morgan fingerprint density at radius 2 is 2.17 bits per heavy atom. The molecule has 6 heteroatoms. The average molecular weight is 323 g/mol. The van der Waals surface area contributed by atoms with E-state index in [9.17, 15) is 4.79 Å². The fourth-order valence-electron chi connectivity index (χ4n) is 2.85. The Labute approximate surface area is 139 Å². The van der Waals surface area contributed by atoms with Crippen molar-refractivity contribution in [2.24, 2.45) is 0 Å². The Morgan fingerprint density at radius 1 is 1.29 bits per heavy atom. The van der Waals surface area contributed by atoms with Crippen molar-refractivity contribution >= 4 is 5.91 Å². The highest BCUT2D eigenvalue weighted by molar-refractivity contribution is 5.79. The minimum Gasteiger partial charge on any atom is -0.461 e. The van der Waals surface area contributed by atoms with Crippen molar-refractivity contribution in [3.63, 3.8) is 0 Å². The van der Waals surface area contributed by atoms with Crippen LogP contribution in [0.5, 0.6) is 0 Å². The number of benzene rings is 1. The van der Waals surface area contributed by atoms with Gasteiger partial charge in [0.15, 0.2) is 5.76 Å². The second kappa shape index (κ2) is 5.96. The lowest BCUT2D eigenvalue weighted by atomic mass is 9.98. The molecule has 24 heavy (non-hydrogen) atoms. The maximum Gasteiger partial charge on any atom is 0.238 e. The SMILES string of the molecule is Cc1cccc(CC(=O)N2CC(c3nc(-c4ccco4)no3)C2)c1. The van der Waals surface area contributed by atoms with Gasteiger partial charge >= 0.3 is 0 Å². The van der Waals surface area contributed by atoms with E-state index < -0.39 is 0 Å². The highest BCUT2D eigenvalue weighted by atomic mass is 16.5. The maximum atomic E-state index is 12.3. The van der Waals surface area contributed by atoms with Gasteiger partial charge in [-0.1, -0.05) is 35.0 Å². The molecule has 0 aliphatic carbocycles. The van der Waals surface area contributed by atoms with Crippen LogP contribution in [0, 0.1) is 6.92 Å². The summed E-state index contributed by atoms with van der Waals surface area (Å²) in [6, 6.07) is 11.6. The monoisotopic (exact) mass is 323 g/mol. The lowest BCUT2D eigenvalue weighted by Gasteiger charge is -2.37. The first kappa shape index (κ1) is 14.7. The molecular weight excluding hydrogens is 306 g/mol. The van der Waals surface area contributed by atoms with Gasteiger partial charge in [0, 0.05) is 13.1 Å². The first-order valence-electron chi connectivity index (χ1n) is 7.90. The molecule has 0 unspecified atom stereocenters. The van der Waals surface area contributed by atoms with Crippen LogP contribution in [0.1, 0.15) is 22.9 Å². The normalized spacial score (nSPS) is 14.6. The summed E-state index contributed by atoms with van der Waals surface area (Å²) in [5.41, 5.74) is 2.21. The Bertz CT molecular complexity index is 848. The van der Waals surface area contributed by atoms with Crippen LogP contribution in [0.3, 0.4) is 0 Å². The molecule has 0 spiro atoms. The zero-order chi connectivity index (χ0) is 16.5. The number of likely N-dealkylation sites (tertiary alicyclic amines) is 1. The van der Waals surface area contributed by atoms with Gasteiger partial charge in [-0.15, -0.1) is 0 Å². The zero-order valence-electron chi connectivity index (χ0n) is 13.3. The lowest BCUT2D eigenvalue weighted by molar-refractivity contribution is -0.135. The van der Waals surface area contributed by atoms with E-state index >= 15 is 0 Å². The van der Waals surface area contributed by atoms with E-state index in [4.69, 9.17) is 8.94 Å². The Kier molecular flexibility index (Phi) is 3.65. The van der Waals surface area contributed by atoms with Crippen LogP contribution in [0.4, 0.5) is 0 Å². The molecule has 3 aromatic rings. The second-order valence-corrected chi connectivity index (χ2v) is 6.09. The van der Waals surface area contributed by atoms with Crippen molar-refractivity contribution in [1.29, 1.82) is 0 Å². The Balaban J connectivity index is 1.35. The lowest BCUT2D eigenvalue weighted by Crippen LogP contribution is -2.49. The highest BCUT2D eigenvalue weighted by Gasteiger charge is 2.35. The first-order valence-corrected chi connectivity index (χ1v) is 7.90. The van der Waals surface area contributed by atoms with Crippen LogP contribution in [0.25, 0.3) is 11.6 Å². The molecule has 1 amide bonds. The van der Waals surface area contributed by atoms with Gasteiger partial charge in [0.1, 0.15) is 0 Å². The van der Waals surface area contributed by atoms with Crippen molar-refractivity contribution in [3.8, 4) is 11.6 Å². The van der Waals surface area contributed by atoms with Crippen molar-refractivity contribution in [2.45, 2.75) is 19.3 Å². The van der Waals surface area contributed by atoms with E-state index in [2.05, 4.69) is 10.1 Å². The minimum atomic E-state index is 0.0997. The molecule has 4 rings (SSSR count). The average Bonchev–Trinajstić information content (AvgIpc) is 3.16. The number of nitrogens with zero attached hydrogens (tertiary/aromatic N) is 3. The summed E-state index contributed by atoms with van der Waals surface area (Å²) < 4.78 is 10.5. The molecule has 1 aliphatic rings. The predicted octanol–water partition coefficient (Wildman–Crippen LogP) is 2.81. The summed E-state index contributed by atoms with van der Waals surface area (Å²) in [5, 5.41) is 3.93. The standard InChI is InChI=1S/C18H17N3O3/c1-12-4-2-5-13(8-12)9-16(22)21-10-14(11-21)18-19-17(20-24-18)15-6-3-7-23-15/h2-8,14H,9-11H2,1H3. The van der Waals surface area contributed by atoms with Crippen LogP contribution in [-0.2, 0) is 11.2 Å². The van der Waals surface area contributed by atoms with E-state index in [1.54, 1.807) is 18.4 Å². The van der Waals surface area contributed by atoms with Crippen LogP contribution >= 0.6 is 0 Å². The molecular formula is C18H17N3O3. The van der Waals surface area contributed by atoms with Gasteiger partial charge in [0.2, 0.25) is 17.6 Å². The van der Waals surface area contributed by atoms with Crippen molar-refractivity contribution in [1.82, 2.24) is 15.0 Å². The Hall–Kier alpha value is -2.89. The largest absolute Gasteiger partial charge is 0.461 e. The molecule has 1 fully saturated rings. The molecule has 1 aromatic carbocycles. The smallest absolute Gasteiger partial charge is 0.238 e. The number of furan rings is 1. The van der Waals surface area contributed by atoms with Gasteiger partial charge in [-0.3, -0.25) is 4.79 Å². The third kappa shape index (κ3) is 2.82. The third-order valence-corrected chi connectivity index (χ3v) is 4.20. The fraction of sp³-hybridized carbons (Fsp3) is 0.278. The van der Waals surface area contributed by atoms with Gasteiger partial charge in [-0.2, -0.15) is 4.98 Å². The number of amides is 1. The number of aryl methyl sites for hydroxylation is 1. The van der Waals surface area contributed by atoms with Crippen LogP contribution < -0.4 is 0 Å². The number of rotatable bonds is 4. The summed E-state index contributed by atoms with van der Waals surface area (Å²) in [4.78, 5) is 18.5. The molecule has 1 aliphatic heterocycles. The topological polar surface area (TPSA) is 72.4 Å². The number of aromatic nitrogens is 2. The summed E-state index contributed by atoms with van der Waals surface area (Å²) in [6.07, 6.45) is 2.00. The van der Waals surface area contributed by atoms with Crippen molar-refractivity contribution in [2.75, 3.05) is 13.1 Å². The molecule has 0 atom stereocenters. The summed E-state index contributed by atoms with van der Waals surface area (Å²) in [6.45, 7) is 3.26. The van der Waals surface area contributed by atoms with Crippen LogP contribution in [-0.4, -0.2) is 34.0 Å². The quantitative estimate of drug-likeness (QED) is 0.738. The second-order valence-electron chi connectivity index (χ2n) is 6.09. The third-order valence-electron chi connectivity index (χ3n) is 4.20. The van der Waals surface area contributed by atoms with E-state index in [-0.39, 0.29) is 11.8 Å². The first-order chi connectivity index (χ1) is 11.7. The van der Waals surface area contributed by atoms with Gasteiger partial charge < -0.3 is 13.8 Å². The summed E-state index contributed by atoms with van der Waals surface area (Å²) in [7, 11) is 0. The van der Waals surface area contributed by atoms with Crippen molar-refractivity contribution < 1.29 is 13.7 Å². The number of hydrogen-bond donors (Lipinski definition) is 0. The van der Waals surface area contributed by atoms with Crippen LogP contribution in [0.15, 0.2) is 51.6 Å². The number of carbonyl (C=O) groups is 1. The molecule has 3 heterocycles. The number of carbonyl (C=O) groups excluding carboxylic acids is 1. The van der Waals surface area contributed by atoms with E-state index in [0.29, 0.717) is 37.0 Å². The molecule has 0 bridgehead atoms. The van der Waals surface area contributed by atoms with Gasteiger partial charge in [-0.25, -0.2) is 0 Å². The van der Waals surface area contributed by atoms with Gasteiger partial charge in [0.05, 0.1) is 18.6 Å². The molecule has 0 saturated carbocycles. The molecule has 1 saturated heterocycles. The summed E-state index contributed by atoms with van der Waals surface area (Å²) >= 11 is 0. The minimum absolute atomic E-state index is 0.0997. The summed E-state index contributed by atoms with van der Waals surface area (Å²) in [5.74, 6) is 1.81. The molecule has 0 N–H and O–H groups in total. The zero-order valence-corrected chi connectivity index (χ0v) is 13.3. The molecule has 2 aromatic heterocycles. The number of hydrogen-bond acceptors (Lipinski definition) is 5. The molecule has 122 valence electrons. The van der Waals surface area contributed by atoms with E-state index in [1.165, 1.54) is 0 Å². The fourth-order valence-corrected chi connectivity index (χ4v) is 2.85. The van der Waals surface area contributed by atoms with Crippen molar-refractivity contribution in [3.05, 3.63) is 59.7 Å². The van der Waals surface area contributed by atoms with E-state index in [1.807, 2.05) is 36.1 Å². The molecule has 0 radical (unpaired) electrons. The predicted molar refractivity (Wildman–Crippen MR) is 86.2 cm³/mol. The Morgan fingerprint density at radius 3 is 2.92 bits per heavy atom. The van der Waals surface area contributed by atoms with Gasteiger partial charge in [0.25, 0.3) is 0 Å². The molecule has 6 nitrogen and oxygen atoms in total. The van der Waals surface area contributed by atoms with Gasteiger partial charge in [-0.05, 0) is 24.6 Å². The maximum absolute atomic E-state index is 12.3. The highest BCUT2D eigenvalue weighted by Crippen LogP contribution is 2.28. The van der Waals surface area contributed by atoms with E-state index in [0.717, 1.165) is 11.1 Å². The van der Waals surface area contributed by atoms with Crippen LogP contribution in [0.2, 0.25) is 0 Å².